The third kappa shape index (κ3) is 5.01. The molecule has 0 unspecified atom stereocenters. The molecule has 1 aromatic carbocycles. The number of benzene rings is 1. The minimum Gasteiger partial charge on any atom is -0.489 e. The van der Waals surface area contributed by atoms with E-state index in [1.54, 1.807) is 35.4 Å². The number of anilines is 1. The Kier molecular flexibility index (Phi) is 6.14. The first-order valence-corrected chi connectivity index (χ1v) is 10.4. The van der Waals surface area contributed by atoms with Gasteiger partial charge in [-0.05, 0) is 43.2 Å². The number of rotatable bonds is 6. The molecular weight excluding hydrogens is 396 g/mol. The third-order valence-electron chi connectivity index (χ3n) is 5.59. The van der Waals surface area contributed by atoms with Gasteiger partial charge in [0, 0.05) is 49.3 Å². The van der Waals surface area contributed by atoms with Crippen LogP contribution in [0.1, 0.15) is 31.2 Å². The number of likely N-dealkylation sites (tertiary alicyclic amines) is 1. The molecule has 31 heavy (non-hydrogen) atoms. The lowest BCUT2D eigenvalue weighted by atomic mass is 10.1. The van der Waals surface area contributed by atoms with Crippen LogP contribution in [0.5, 0.6) is 5.75 Å². The summed E-state index contributed by atoms with van der Waals surface area (Å²) in [6.07, 6.45) is 4.70. The van der Waals surface area contributed by atoms with Crippen molar-refractivity contribution in [2.45, 2.75) is 31.8 Å². The second-order valence-corrected chi connectivity index (χ2v) is 7.87. The van der Waals surface area contributed by atoms with Crippen LogP contribution in [0.2, 0.25) is 0 Å². The van der Waals surface area contributed by atoms with Crippen LogP contribution in [0.4, 0.5) is 5.69 Å². The van der Waals surface area contributed by atoms with Crippen molar-refractivity contribution in [1.82, 2.24) is 9.88 Å². The molecule has 2 aliphatic rings. The molecule has 1 aliphatic heterocycles. The summed E-state index contributed by atoms with van der Waals surface area (Å²) in [5, 5.41) is 21.5. The summed E-state index contributed by atoms with van der Waals surface area (Å²) in [6.45, 7) is 0.561. The number of amides is 2. The van der Waals surface area contributed by atoms with Gasteiger partial charge in [0.2, 0.25) is 11.8 Å². The van der Waals surface area contributed by atoms with E-state index in [1.165, 1.54) is 0 Å². The van der Waals surface area contributed by atoms with Gasteiger partial charge in [-0.3, -0.25) is 14.6 Å². The van der Waals surface area contributed by atoms with Crippen molar-refractivity contribution in [3.8, 4) is 23.1 Å². The normalized spacial score (nSPS) is 16.5. The molecule has 4 rings (SSSR count). The number of hydrogen-bond donors (Lipinski definition) is 2. The number of hydrogen-bond acceptors (Lipinski definition) is 6. The van der Waals surface area contributed by atoms with Gasteiger partial charge in [-0.2, -0.15) is 5.26 Å². The second-order valence-electron chi connectivity index (χ2n) is 7.87. The highest BCUT2D eigenvalue weighted by atomic mass is 16.5. The fourth-order valence-electron chi connectivity index (χ4n) is 3.64. The predicted octanol–water partition coefficient (Wildman–Crippen LogP) is 2.33. The molecule has 0 atom stereocenters. The minimum absolute atomic E-state index is 0.0327. The molecule has 1 saturated heterocycles. The van der Waals surface area contributed by atoms with Crippen molar-refractivity contribution >= 4 is 17.5 Å². The molecule has 2 heterocycles. The number of aromatic nitrogens is 1. The van der Waals surface area contributed by atoms with Crippen LogP contribution in [-0.2, 0) is 9.59 Å². The topological polar surface area (TPSA) is 116 Å². The number of nitrogens with one attached hydrogen (secondary N) is 1. The Hall–Kier alpha value is -3.44. The van der Waals surface area contributed by atoms with Gasteiger partial charge in [0.15, 0.2) is 0 Å². The van der Waals surface area contributed by atoms with Gasteiger partial charge in [0.05, 0.1) is 11.3 Å². The molecule has 1 aliphatic carbocycles. The van der Waals surface area contributed by atoms with Gasteiger partial charge in [-0.15, -0.1) is 0 Å². The number of nitrogens with zero attached hydrogens (tertiary/aromatic N) is 3. The molecule has 1 saturated carbocycles. The van der Waals surface area contributed by atoms with Crippen LogP contribution in [0.15, 0.2) is 36.5 Å². The van der Waals surface area contributed by atoms with Crippen molar-refractivity contribution in [1.29, 1.82) is 5.26 Å². The number of ether oxygens (including phenoxy) is 1. The average molecular weight is 420 g/mol. The summed E-state index contributed by atoms with van der Waals surface area (Å²) in [4.78, 5) is 29.6. The number of pyridine rings is 1. The number of aliphatic hydroxyl groups excluding tert-OH is 1. The molecule has 2 aromatic rings. The molecule has 160 valence electrons. The molecule has 1 aromatic heterocycles. The SMILES string of the molecule is N#Cc1cc(-c2cc(NC(=O)C3CC3)ccn2)ccc1OC1CCN(C(=O)CO)CC1. The minimum atomic E-state index is -0.481. The molecular formula is C23H24N4O4. The lowest BCUT2D eigenvalue weighted by molar-refractivity contribution is -0.136. The molecule has 8 nitrogen and oxygen atoms in total. The van der Waals surface area contributed by atoms with E-state index >= 15 is 0 Å². The van der Waals surface area contributed by atoms with Gasteiger partial charge in [-0.1, -0.05) is 0 Å². The van der Waals surface area contributed by atoms with E-state index < -0.39 is 6.61 Å². The van der Waals surface area contributed by atoms with Crippen LogP contribution < -0.4 is 10.1 Å². The highest BCUT2D eigenvalue weighted by molar-refractivity contribution is 5.94. The number of carbonyl (C=O) groups is 2. The van der Waals surface area contributed by atoms with Gasteiger partial charge in [-0.25, -0.2) is 0 Å². The number of aliphatic hydroxyl groups is 1. The maximum Gasteiger partial charge on any atom is 0.248 e. The van der Waals surface area contributed by atoms with Crippen molar-refractivity contribution in [3.63, 3.8) is 0 Å². The van der Waals surface area contributed by atoms with Crippen molar-refractivity contribution in [2.75, 3.05) is 25.0 Å². The number of nitriles is 1. The Bertz CT molecular complexity index is 1020. The molecule has 0 spiro atoms. The van der Waals surface area contributed by atoms with Crippen LogP contribution in [0, 0.1) is 17.2 Å². The quantitative estimate of drug-likeness (QED) is 0.741. The summed E-state index contributed by atoms with van der Waals surface area (Å²) in [7, 11) is 0. The maximum atomic E-state index is 12.0. The zero-order valence-corrected chi connectivity index (χ0v) is 17.1. The first kappa shape index (κ1) is 20.8. The molecule has 2 N–H and O–H groups in total. The Morgan fingerprint density at radius 1 is 1.19 bits per heavy atom. The van der Waals surface area contributed by atoms with Gasteiger partial charge < -0.3 is 20.1 Å². The number of piperidine rings is 1. The first-order valence-electron chi connectivity index (χ1n) is 10.4. The van der Waals surface area contributed by atoms with E-state index in [0.29, 0.717) is 48.6 Å². The van der Waals surface area contributed by atoms with E-state index in [1.807, 2.05) is 6.07 Å². The van der Waals surface area contributed by atoms with Gasteiger partial charge >= 0.3 is 0 Å². The molecule has 2 fully saturated rings. The summed E-state index contributed by atoms with van der Waals surface area (Å²) >= 11 is 0. The van der Waals surface area contributed by atoms with E-state index in [0.717, 1.165) is 18.4 Å². The summed E-state index contributed by atoms with van der Waals surface area (Å²) in [6, 6.07) is 11.1. The van der Waals surface area contributed by atoms with Crippen molar-refractivity contribution in [2.24, 2.45) is 5.92 Å². The fourth-order valence-corrected chi connectivity index (χ4v) is 3.64. The summed E-state index contributed by atoms with van der Waals surface area (Å²) in [5.41, 5.74) is 2.51. The average Bonchev–Trinajstić information content (AvgIpc) is 3.65. The smallest absolute Gasteiger partial charge is 0.248 e. The van der Waals surface area contributed by atoms with Crippen LogP contribution in [-0.4, -0.2) is 52.6 Å². The second kappa shape index (κ2) is 9.14. The predicted molar refractivity (Wildman–Crippen MR) is 113 cm³/mol. The highest BCUT2D eigenvalue weighted by Crippen LogP contribution is 2.31. The Morgan fingerprint density at radius 3 is 2.65 bits per heavy atom. The molecule has 0 bridgehead atoms. The van der Waals surface area contributed by atoms with Gasteiger partial charge in [0.1, 0.15) is 24.5 Å². The first-order chi connectivity index (χ1) is 15.1. The lowest BCUT2D eigenvalue weighted by Crippen LogP contribution is -2.42. The Balaban J connectivity index is 1.44. The van der Waals surface area contributed by atoms with Crippen LogP contribution in [0.25, 0.3) is 11.3 Å². The fraction of sp³-hybridized carbons (Fsp3) is 0.391. The maximum absolute atomic E-state index is 12.0. The monoisotopic (exact) mass is 420 g/mol. The third-order valence-corrected chi connectivity index (χ3v) is 5.59. The summed E-state index contributed by atoms with van der Waals surface area (Å²) in [5.74, 6) is 0.372. The van der Waals surface area contributed by atoms with E-state index in [9.17, 15) is 14.9 Å². The zero-order chi connectivity index (χ0) is 21.8. The number of carbonyl (C=O) groups excluding carboxylic acids is 2. The molecule has 2 amide bonds. The molecule has 8 heteroatoms. The Morgan fingerprint density at radius 2 is 1.97 bits per heavy atom. The standard InChI is InChI=1S/C23H24N4O4/c24-13-17-11-16(20-12-18(5-8-25-20)26-23(30)15-1-2-15)3-4-21(17)31-19-6-9-27(10-7-19)22(29)14-28/h3-5,8,11-12,15,19,28H,1-2,6-7,9-10,14H2,(H,25,26,30). The van der Waals surface area contributed by atoms with Crippen LogP contribution in [0.3, 0.4) is 0 Å². The van der Waals surface area contributed by atoms with E-state index in [-0.39, 0.29) is 23.8 Å². The largest absolute Gasteiger partial charge is 0.489 e. The molecule has 0 radical (unpaired) electrons. The highest BCUT2D eigenvalue weighted by Gasteiger charge is 2.29. The lowest BCUT2D eigenvalue weighted by Gasteiger charge is -2.32. The summed E-state index contributed by atoms with van der Waals surface area (Å²) < 4.78 is 6.04. The zero-order valence-electron chi connectivity index (χ0n) is 17.1. The van der Waals surface area contributed by atoms with E-state index in [2.05, 4.69) is 16.4 Å². The van der Waals surface area contributed by atoms with Crippen LogP contribution >= 0.6 is 0 Å². The Labute approximate surface area is 180 Å². The van der Waals surface area contributed by atoms with Crippen molar-refractivity contribution in [3.05, 3.63) is 42.1 Å². The van der Waals surface area contributed by atoms with Crippen molar-refractivity contribution < 1.29 is 19.4 Å². The van der Waals surface area contributed by atoms with E-state index in [4.69, 9.17) is 9.84 Å². The van der Waals surface area contributed by atoms with Gasteiger partial charge in [0.25, 0.3) is 0 Å².